The van der Waals surface area contributed by atoms with Crippen molar-refractivity contribution >= 4 is 23.6 Å². The van der Waals surface area contributed by atoms with Crippen LogP contribution in [0.3, 0.4) is 0 Å². The number of hydrogen-bond acceptors (Lipinski definition) is 3. The van der Waals surface area contributed by atoms with E-state index in [1.165, 1.54) is 12.1 Å². The number of hydrogen-bond donors (Lipinski definition) is 1. The standard InChI is InChI=1S/C15H17FN2O2S/c1-15-7-6-13(19)18(15)12(9-21-15)14(20)17-8-10-2-4-11(16)5-3-10/h2-5,12H,6-9H2,1H3,(H,17,20)/t12-,15-/m1/s1. The average molecular weight is 308 g/mol. The topological polar surface area (TPSA) is 49.4 Å². The van der Waals surface area contributed by atoms with Crippen LogP contribution in [0.25, 0.3) is 0 Å². The highest BCUT2D eigenvalue weighted by molar-refractivity contribution is 8.01. The van der Waals surface area contributed by atoms with Crippen molar-refractivity contribution in [2.24, 2.45) is 0 Å². The zero-order valence-electron chi connectivity index (χ0n) is 11.8. The van der Waals surface area contributed by atoms with E-state index in [9.17, 15) is 14.0 Å². The Kier molecular flexibility index (Phi) is 3.65. The Bertz CT molecular complexity index is 578. The summed E-state index contributed by atoms with van der Waals surface area (Å²) >= 11 is 1.67. The van der Waals surface area contributed by atoms with Crippen molar-refractivity contribution in [1.82, 2.24) is 10.2 Å². The van der Waals surface area contributed by atoms with Crippen molar-refractivity contribution in [1.29, 1.82) is 0 Å². The number of thioether (sulfide) groups is 1. The van der Waals surface area contributed by atoms with Crippen LogP contribution in [0.4, 0.5) is 4.39 Å². The lowest BCUT2D eigenvalue weighted by atomic mass is 10.2. The molecular formula is C15H17FN2O2S. The van der Waals surface area contributed by atoms with Crippen LogP contribution in [-0.2, 0) is 16.1 Å². The minimum atomic E-state index is -0.393. The van der Waals surface area contributed by atoms with E-state index in [2.05, 4.69) is 5.32 Å². The molecule has 0 aliphatic carbocycles. The molecule has 6 heteroatoms. The minimum Gasteiger partial charge on any atom is -0.350 e. The number of rotatable bonds is 3. The molecule has 0 aromatic heterocycles. The number of carbonyl (C=O) groups excluding carboxylic acids is 2. The number of carbonyl (C=O) groups is 2. The monoisotopic (exact) mass is 308 g/mol. The molecule has 0 saturated carbocycles. The Balaban J connectivity index is 1.63. The van der Waals surface area contributed by atoms with Crippen LogP contribution in [0.2, 0.25) is 0 Å². The molecule has 21 heavy (non-hydrogen) atoms. The van der Waals surface area contributed by atoms with Gasteiger partial charge < -0.3 is 10.2 Å². The summed E-state index contributed by atoms with van der Waals surface area (Å²) in [6.45, 7) is 2.37. The quantitative estimate of drug-likeness (QED) is 0.928. The zero-order valence-corrected chi connectivity index (χ0v) is 12.6. The van der Waals surface area contributed by atoms with Crippen molar-refractivity contribution < 1.29 is 14.0 Å². The van der Waals surface area contributed by atoms with E-state index in [4.69, 9.17) is 0 Å². The molecule has 4 nitrogen and oxygen atoms in total. The fourth-order valence-electron chi connectivity index (χ4n) is 2.92. The highest BCUT2D eigenvalue weighted by atomic mass is 32.2. The fraction of sp³-hybridized carbons (Fsp3) is 0.467. The summed E-state index contributed by atoms with van der Waals surface area (Å²) in [5.74, 6) is 0.267. The van der Waals surface area contributed by atoms with Gasteiger partial charge >= 0.3 is 0 Å². The molecule has 2 heterocycles. The summed E-state index contributed by atoms with van der Waals surface area (Å²) in [5, 5.41) is 2.84. The molecule has 1 aromatic carbocycles. The summed E-state index contributed by atoms with van der Waals surface area (Å²) < 4.78 is 12.8. The number of nitrogens with zero attached hydrogens (tertiary/aromatic N) is 1. The van der Waals surface area contributed by atoms with Gasteiger partial charge in [-0.05, 0) is 31.0 Å². The summed E-state index contributed by atoms with van der Waals surface area (Å²) in [5.41, 5.74) is 0.839. The molecule has 112 valence electrons. The van der Waals surface area contributed by atoms with E-state index in [1.54, 1.807) is 28.8 Å². The van der Waals surface area contributed by atoms with E-state index in [1.807, 2.05) is 6.92 Å². The highest BCUT2D eigenvalue weighted by Gasteiger charge is 2.52. The van der Waals surface area contributed by atoms with Crippen LogP contribution in [0, 0.1) is 5.82 Å². The van der Waals surface area contributed by atoms with E-state index in [0.29, 0.717) is 18.7 Å². The number of nitrogens with one attached hydrogen (secondary N) is 1. The van der Waals surface area contributed by atoms with Crippen molar-refractivity contribution in [2.45, 2.75) is 37.2 Å². The third kappa shape index (κ3) is 2.64. The molecule has 0 unspecified atom stereocenters. The maximum Gasteiger partial charge on any atom is 0.243 e. The lowest BCUT2D eigenvalue weighted by Crippen LogP contribution is -2.49. The van der Waals surface area contributed by atoms with Gasteiger partial charge in [-0.1, -0.05) is 12.1 Å². The van der Waals surface area contributed by atoms with Gasteiger partial charge in [0.25, 0.3) is 0 Å². The van der Waals surface area contributed by atoms with Gasteiger partial charge in [0, 0.05) is 18.7 Å². The third-order valence-electron chi connectivity index (χ3n) is 4.13. The van der Waals surface area contributed by atoms with Crippen LogP contribution in [0.5, 0.6) is 0 Å². The summed E-state index contributed by atoms with van der Waals surface area (Å²) in [6.07, 6.45) is 1.32. The Labute approximate surface area is 127 Å². The molecule has 2 atom stereocenters. The van der Waals surface area contributed by atoms with Crippen LogP contribution < -0.4 is 5.32 Å². The minimum absolute atomic E-state index is 0.0597. The maximum atomic E-state index is 12.8. The number of fused-ring (bicyclic) bond motifs is 1. The molecule has 0 bridgehead atoms. The molecule has 0 spiro atoms. The molecule has 2 amide bonds. The van der Waals surface area contributed by atoms with Gasteiger partial charge in [0.05, 0.1) is 4.87 Å². The second-order valence-electron chi connectivity index (χ2n) is 5.61. The van der Waals surface area contributed by atoms with Crippen LogP contribution in [-0.4, -0.2) is 33.4 Å². The van der Waals surface area contributed by atoms with Crippen LogP contribution in [0.15, 0.2) is 24.3 Å². The molecular weight excluding hydrogens is 291 g/mol. The first-order valence-electron chi connectivity index (χ1n) is 6.98. The van der Waals surface area contributed by atoms with Crippen molar-refractivity contribution in [3.05, 3.63) is 35.6 Å². The molecule has 2 aliphatic heterocycles. The third-order valence-corrected chi connectivity index (χ3v) is 5.63. The van der Waals surface area contributed by atoms with Crippen LogP contribution >= 0.6 is 11.8 Å². The predicted molar refractivity (Wildman–Crippen MR) is 79.0 cm³/mol. The fourth-order valence-corrected chi connectivity index (χ4v) is 4.36. The Hall–Kier alpha value is -1.56. The Morgan fingerprint density at radius 1 is 1.48 bits per heavy atom. The highest BCUT2D eigenvalue weighted by Crippen LogP contribution is 2.47. The summed E-state index contributed by atoms with van der Waals surface area (Å²) in [4.78, 5) is 25.8. The molecule has 1 aromatic rings. The normalized spacial score (nSPS) is 27.8. The Morgan fingerprint density at radius 3 is 2.90 bits per heavy atom. The second kappa shape index (κ2) is 5.33. The summed E-state index contributed by atoms with van der Waals surface area (Å²) in [6, 6.07) is 5.63. The first-order valence-corrected chi connectivity index (χ1v) is 7.96. The van der Waals surface area contributed by atoms with Gasteiger partial charge in [0.1, 0.15) is 11.9 Å². The number of amides is 2. The van der Waals surface area contributed by atoms with Gasteiger partial charge in [-0.3, -0.25) is 9.59 Å². The van der Waals surface area contributed by atoms with Crippen molar-refractivity contribution in [3.63, 3.8) is 0 Å². The summed E-state index contributed by atoms with van der Waals surface area (Å²) in [7, 11) is 0. The van der Waals surface area contributed by atoms with Gasteiger partial charge in [-0.2, -0.15) is 0 Å². The lowest BCUT2D eigenvalue weighted by Gasteiger charge is -2.29. The average Bonchev–Trinajstić information content (AvgIpc) is 2.95. The van der Waals surface area contributed by atoms with E-state index < -0.39 is 6.04 Å². The Morgan fingerprint density at radius 2 is 2.19 bits per heavy atom. The smallest absolute Gasteiger partial charge is 0.243 e. The number of benzene rings is 1. The zero-order chi connectivity index (χ0) is 15.0. The molecule has 1 N–H and O–H groups in total. The van der Waals surface area contributed by atoms with Gasteiger partial charge in [0.15, 0.2) is 0 Å². The first-order chi connectivity index (χ1) is 9.99. The molecule has 2 aliphatic rings. The largest absolute Gasteiger partial charge is 0.350 e. The van der Waals surface area contributed by atoms with Gasteiger partial charge in [-0.25, -0.2) is 4.39 Å². The van der Waals surface area contributed by atoms with E-state index in [-0.39, 0.29) is 22.5 Å². The molecule has 0 radical (unpaired) electrons. The lowest BCUT2D eigenvalue weighted by molar-refractivity contribution is -0.138. The predicted octanol–water partition coefficient (Wildman–Crippen LogP) is 1.90. The maximum absolute atomic E-state index is 12.8. The molecule has 2 saturated heterocycles. The van der Waals surface area contributed by atoms with E-state index >= 15 is 0 Å². The van der Waals surface area contributed by atoms with Gasteiger partial charge in [0.2, 0.25) is 11.8 Å². The number of halogens is 1. The first kappa shape index (κ1) is 14.4. The van der Waals surface area contributed by atoms with Crippen molar-refractivity contribution in [3.8, 4) is 0 Å². The molecule has 2 fully saturated rings. The van der Waals surface area contributed by atoms with E-state index in [0.717, 1.165) is 12.0 Å². The van der Waals surface area contributed by atoms with Crippen molar-refractivity contribution in [2.75, 3.05) is 5.75 Å². The SMILES string of the molecule is C[C@@]12CCC(=O)N1[C@@H](C(=O)NCc1ccc(F)cc1)CS2. The molecule has 3 rings (SSSR count). The van der Waals surface area contributed by atoms with Crippen LogP contribution in [0.1, 0.15) is 25.3 Å². The van der Waals surface area contributed by atoms with Gasteiger partial charge in [-0.15, -0.1) is 11.8 Å². The second-order valence-corrected chi connectivity index (χ2v) is 7.11.